The van der Waals surface area contributed by atoms with Crippen molar-refractivity contribution in [3.8, 4) is 0 Å². The van der Waals surface area contributed by atoms with E-state index in [9.17, 15) is 0 Å². The fraction of sp³-hybridized carbons (Fsp3) is 0.500. The van der Waals surface area contributed by atoms with Crippen LogP contribution in [0.5, 0.6) is 0 Å². The third kappa shape index (κ3) is 3.16. The van der Waals surface area contributed by atoms with Crippen LogP contribution in [0.1, 0.15) is 50.8 Å². The summed E-state index contributed by atoms with van der Waals surface area (Å²) in [6.07, 6.45) is 6.19. The van der Waals surface area contributed by atoms with Crippen molar-refractivity contribution in [3.05, 3.63) is 41.2 Å². The second kappa shape index (κ2) is 6.81. The predicted molar refractivity (Wildman–Crippen MR) is 79.8 cm³/mol. The van der Waals surface area contributed by atoms with Gasteiger partial charge in [-0.15, -0.1) is 0 Å². The van der Waals surface area contributed by atoms with Crippen LogP contribution in [0, 0.1) is 0 Å². The SMILES string of the molecule is CCCNC(c1ncccn1)c1c(Cl)cnn1C(C)C. The quantitative estimate of drug-likeness (QED) is 0.889. The zero-order chi connectivity index (χ0) is 14.5. The van der Waals surface area contributed by atoms with E-state index < -0.39 is 0 Å². The summed E-state index contributed by atoms with van der Waals surface area (Å²) in [6, 6.07) is 1.89. The van der Waals surface area contributed by atoms with E-state index in [4.69, 9.17) is 11.6 Å². The second-order valence-electron chi connectivity index (χ2n) is 4.91. The van der Waals surface area contributed by atoms with Crippen LogP contribution < -0.4 is 5.32 Å². The Labute approximate surface area is 124 Å². The van der Waals surface area contributed by atoms with E-state index in [-0.39, 0.29) is 12.1 Å². The van der Waals surface area contributed by atoms with Gasteiger partial charge < -0.3 is 5.32 Å². The van der Waals surface area contributed by atoms with Crippen molar-refractivity contribution >= 4 is 11.6 Å². The Hall–Kier alpha value is -1.46. The first-order valence-corrected chi connectivity index (χ1v) is 7.26. The molecule has 6 heteroatoms. The van der Waals surface area contributed by atoms with Crippen LogP contribution in [0.3, 0.4) is 0 Å². The lowest BCUT2D eigenvalue weighted by Crippen LogP contribution is -2.28. The molecule has 1 N–H and O–H groups in total. The topological polar surface area (TPSA) is 55.6 Å². The number of rotatable bonds is 6. The Balaban J connectivity index is 2.44. The number of hydrogen-bond donors (Lipinski definition) is 1. The summed E-state index contributed by atoms with van der Waals surface area (Å²) in [5.74, 6) is 0.713. The van der Waals surface area contributed by atoms with Crippen LogP contribution in [0.2, 0.25) is 5.02 Å². The molecular formula is C14H20ClN5. The molecule has 0 radical (unpaired) electrons. The number of nitrogens with zero attached hydrogens (tertiary/aromatic N) is 4. The summed E-state index contributed by atoms with van der Waals surface area (Å²) < 4.78 is 1.92. The minimum Gasteiger partial charge on any atom is -0.302 e. The number of nitrogens with one attached hydrogen (secondary N) is 1. The minimum atomic E-state index is -0.145. The highest BCUT2D eigenvalue weighted by Crippen LogP contribution is 2.28. The van der Waals surface area contributed by atoms with Crippen LogP contribution in [-0.4, -0.2) is 26.3 Å². The van der Waals surface area contributed by atoms with E-state index in [2.05, 4.69) is 41.2 Å². The molecule has 1 unspecified atom stereocenters. The summed E-state index contributed by atoms with van der Waals surface area (Å²) in [6.45, 7) is 7.14. The highest BCUT2D eigenvalue weighted by molar-refractivity contribution is 6.31. The van der Waals surface area contributed by atoms with Gasteiger partial charge in [-0.3, -0.25) is 4.68 Å². The molecule has 2 aromatic rings. The molecule has 0 aliphatic heterocycles. The molecule has 0 aliphatic carbocycles. The van der Waals surface area contributed by atoms with Gasteiger partial charge in [0.1, 0.15) is 6.04 Å². The number of aromatic nitrogens is 4. The summed E-state index contributed by atoms with van der Waals surface area (Å²) in [4.78, 5) is 8.71. The maximum Gasteiger partial charge on any atom is 0.151 e. The maximum atomic E-state index is 6.33. The third-order valence-electron chi connectivity index (χ3n) is 2.99. The van der Waals surface area contributed by atoms with Crippen LogP contribution in [0.15, 0.2) is 24.7 Å². The summed E-state index contributed by atoms with van der Waals surface area (Å²) >= 11 is 6.33. The van der Waals surface area contributed by atoms with Crippen LogP contribution in [-0.2, 0) is 0 Å². The van der Waals surface area contributed by atoms with Gasteiger partial charge in [0.2, 0.25) is 0 Å². The largest absolute Gasteiger partial charge is 0.302 e. The Morgan fingerprint density at radius 2 is 2.00 bits per heavy atom. The standard InChI is InChI=1S/C14H20ClN5/c1-4-6-16-12(14-17-7-5-8-18-14)13-11(15)9-19-20(13)10(2)3/h5,7-10,12,16H,4,6H2,1-3H3. The molecule has 5 nitrogen and oxygen atoms in total. The van der Waals surface area contributed by atoms with Crippen molar-refractivity contribution in [1.82, 2.24) is 25.1 Å². The highest BCUT2D eigenvalue weighted by Gasteiger charge is 2.24. The van der Waals surface area contributed by atoms with Crippen molar-refractivity contribution in [3.63, 3.8) is 0 Å². The lowest BCUT2D eigenvalue weighted by molar-refractivity contribution is 0.463. The Bertz CT molecular complexity index is 538. The van der Waals surface area contributed by atoms with Gasteiger partial charge in [-0.2, -0.15) is 5.10 Å². The third-order valence-corrected chi connectivity index (χ3v) is 3.28. The molecule has 108 valence electrons. The van der Waals surface area contributed by atoms with Crippen molar-refractivity contribution in [2.24, 2.45) is 0 Å². The molecule has 2 heterocycles. The van der Waals surface area contributed by atoms with Gasteiger partial charge in [-0.05, 0) is 32.9 Å². The predicted octanol–water partition coefficient (Wildman–Crippen LogP) is 3.00. The average molecular weight is 294 g/mol. The Morgan fingerprint density at radius 1 is 1.30 bits per heavy atom. The van der Waals surface area contributed by atoms with E-state index in [1.807, 2.05) is 10.7 Å². The van der Waals surface area contributed by atoms with E-state index in [0.717, 1.165) is 18.7 Å². The normalized spacial score (nSPS) is 12.8. The van der Waals surface area contributed by atoms with Crippen molar-refractivity contribution < 1.29 is 0 Å². The highest BCUT2D eigenvalue weighted by atomic mass is 35.5. The molecule has 0 saturated carbocycles. The van der Waals surface area contributed by atoms with Crippen LogP contribution >= 0.6 is 11.6 Å². The smallest absolute Gasteiger partial charge is 0.151 e. The summed E-state index contributed by atoms with van der Waals surface area (Å²) in [7, 11) is 0. The van der Waals surface area contributed by atoms with Crippen LogP contribution in [0.25, 0.3) is 0 Å². The van der Waals surface area contributed by atoms with Gasteiger partial charge in [0.25, 0.3) is 0 Å². The van der Waals surface area contributed by atoms with E-state index in [1.165, 1.54) is 0 Å². The van der Waals surface area contributed by atoms with Gasteiger partial charge >= 0.3 is 0 Å². The monoisotopic (exact) mass is 293 g/mol. The van der Waals surface area contributed by atoms with Gasteiger partial charge in [-0.25, -0.2) is 9.97 Å². The first-order valence-electron chi connectivity index (χ1n) is 6.88. The number of hydrogen-bond acceptors (Lipinski definition) is 4. The van der Waals surface area contributed by atoms with Crippen molar-refractivity contribution in [2.75, 3.05) is 6.54 Å². The molecule has 1 atom stereocenters. The number of halogens is 1. The summed E-state index contributed by atoms with van der Waals surface area (Å²) in [5, 5.41) is 8.45. The molecule has 0 spiro atoms. The zero-order valence-corrected chi connectivity index (χ0v) is 12.8. The molecule has 0 aromatic carbocycles. The molecule has 20 heavy (non-hydrogen) atoms. The zero-order valence-electron chi connectivity index (χ0n) is 12.0. The molecular weight excluding hydrogens is 274 g/mol. The van der Waals surface area contributed by atoms with Gasteiger partial charge in [0.05, 0.1) is 16.9 Å². The molecule has 0 fully saturated rings. The van der Waals surface area contributed by atoms with Crippen molar-refractivity contribution in [1.29, 1.82) is 0 Å². The van der Waals surface area contributed by atoms with E-state index >= 15 is 0 Å². The molecule has 2 aromatic heterocycles. The Kier molecular flexibility index (Phi) is 5.09. The lowest BCUT2D eigenvalue weighted by atomic mass is 10.1. The molecule has 0 bridgehead atoms. The maximum absolute atomic E-state index is 6.33. The minimum absolute atomic E-state index is 0.145. The summed E-state index contributed by atoms with van der Waals surface area (Å²) in [5.41, 5.74) is 0.918. The van der Waals surface area contributed by atoms with Gasteiger partial charge in [0, 0.05) is 18.4 Å². The molecule has 2 rings (SSSR count). The fourth-order valence-electron chi connectivity index (χ4n) is 2.09. The first-order chi connectivity index (χ1) is 9.65. The Morgan fingerprint density at radius 3 is 2.60 bits per heavy atom. The molecule has 0 saturated heterocycles. The average Bonchev–Trinajstić information content (AvgIpc) is 2.83. The fourth-order valence-corrected chi connectivity index (χ4v) is 2.33. The van der Waals surface area contributed by atoms with Crippen LogP contribution in [0.4, 0.5) is 0 Å². The first kappa shape index (κ1) is 14.9. The van der Waals surface area contributed by atoms with E-state index in [1.54, 1.807) is 18.6 Å². The van der Waals surface area contributed by atoms with Gasteiger partial charge in [-0.1, -0.05) is 18.5 Å². The van der Waals surface area contributed by atoms with Gasteiger partial charge in [0.15, 0.2) is 5.82 Å². The van der Waals surface area contributed by atoms with Crippen molar-refractivity contribution in [2.45, 2.75) is 39.3 Å². The van der Waals surface area contributed by atoms with E-state index in [0.29, 0.717) is 10.8 Å². The lowest BCUT2D eigenvalue weighted by Gasteiger charge is -2.20. The second-order valence-corrected chi connectivity index (χ2v) is 5.32. The molecule has 0 amide bonds. The molecule has 0 aliphatic rings.